The minimum absolute atomic E-state index is 0.686. The maximum Gasteiger partial charge on any atom is 0.122 e. The molecule has 0 saturated carbocycles. The summed E-state index contributed by atoms with van der Waals surface area (Å²) < 4.78 is 12.0. The van der Waals surface area contributed by atoms with E-state index in [-0.39, 0.29) is 0 Å². The summed E-state index contributed by atoms with van der Waals surface area (Å²) in [5.41, 5.74) is 1.17. The lowest BCUT2D eigenvalue weighted by Crippen LogP contribution is -2.24. The Morgan fingerprint density at radius 1 is 1.26 bits per heavy atom. The highest BCUT2D eigenvalue weighted by Crippen LogP contribution is 2.23. The van der Waals surface area contributed by atoms with Crippen molar-refractivity contribution in [3.63, 3.8) is 0 Å². The lowest BCUT2D eigenvalue weighted by Gasteiger charge is -2.10. The first-order valence-corrected chi connectivity index (χ1v) is 7.53. The van der Waals surface area contributed by atoms with Crippen molar-refractivity contribution in [2.45, 2.75) is 20.3 Å². The highest BCUT2D eigenvalue weighted by atomic mass is 79.9. The van der Waals surface area contributed by atoms with Gasteiger partial charge in [-0.2, -0.15) is 0 Å². The number of halogens is 1. The van der Waals surface area contributed by atoms with Gasteiger partial charge in [0.1, 0.15) is 5.75 Å². The van der Waals surface area contributed by atoms with Gasteiger partial charge in [-0.05, 0) is 42.6 Å². The topological polar surface area (TPSA) is 30.5 Å². The third kappa shape index (κ3) is 6.95. The van der Waals surface area contributed by atoms with Crippen LogP contribution in [0.5, 0.6) is 5.75 Å². The summed E-state index contributed by atoms with van der Waals surface area (Å²) in [6, 6.07) is 6.04. The molecule has 0 spiro atoms. The normalized spacial score (nSPS) is 11.0. The molecule has 0 bridgehead atoms. The maximum absolute atomic E-state index is 5.63. The summed E-state index contributed by atoms with van der Waals surface area (Å²) in [4.78, 5) is 0. The van der Waals surface area contributed by atoms with E-state index < -0.39 is 0 Å². The van der Waals surface area contributed by atoms with Crippen LogP contribution in [0.3, 0.4) is 0 Å². The van der Waals surface area contributed by atoms with Crippen molar-refractivity contribution < 1.29 is 9.47 Å². The van der Waals surface area contributed by atoms with Crippen molar-refractivity contribution in [3.8, 4) is 5.75 Å². The van der Waals surface area contributed by atoms with Crippen molar-refractivity contribution in [2.24, 2.45) is 5.92 Å². The van der Waals surface area contributed by atoms with Gasteiger partial charge in [0.15, 0.2) is 0 Å². The highest BCUT2D eigenvalue weighted by Gasteiger charge is 2.03. The van der Waals surface area contributed by atoms with Crippen molar-refractivity contribution in [2.75, 3.05) is 33.4 Å². The van der Waals surface area contributed by atoms with Gasteiger partial charge in [0.25, 0.3) is 0 Å². The smallest absolute Gasteiger partial charge is 0.122 e. The molecule has 0 fully saturated rings. The van der Waals surface area contributed by atoms with E-state index in [0.717, 1.165) is 42.9 Å². The molecule has 0 aliphatic heterocycles. The van der Waals surface area contributed by atoms with Gasteiger partial charge in [0.2, 0.25) is 0 Å². The minimum Gasteiger partial charge on any atom is -0.496 e. The van der Waals surface area contributed by atoms with Gasteiger partial charge in [-0.3, -0.25) is 0 Å². The Morgan fingerprint density at radius 3 is 2.74 bits per heavy atom. The molecule has 1 N–H and O–H groups in total. The predicted molar refractivity (Wildman–Crippen MR) is 82.9 cm³/mol. The Hall–Kier alpha value is -0.580. The number of hydrogen-bond acceptors (Lipinski definition) is 3. The van der Waals surface area contributed by atoms with E-state index in [4.69, 9.17) is 9.47 Å². The van der Waals surface area contributed by atoms with Crippen molar-refractivity contribution >= 4 is 15.9 Å². The van der Waals surface area contributed by atoms with Gasteiger partial charge < -0.3 is 14.8 Å². The van der Waals surface area contributed by atoms with E-state index in [9.17, 15) is 0 Å². The van der Waals surface area contributed by atoms with E-state index >= 15 is 0 Å². The maximum atomic E-state index is 5.63. The van der Waals surface area contributed by atoms with Crippen molar-refractivity contribution in [3.05, 3.63) is 28.2 Å². The van der Waals surface area contributed by atoms with Crippen LogP contribution in [0, 0.1) is 5.92 Å². The average Bonchev–Trinajstić information content (AvgIpc) is 2.37. The largest absolute Gasteiger partial charge is 0.496 e. The summed E-state index contributed by atoms with van der Waals surface area (Å²) in [7, 11) is 1.70. The minimum atomic E-state index is 0.686. The molecule has 0 unspecified atom stereocenters. The molecule has 0 atom stereocenters. The van der Waals surface area contributed by atoms with Gasteiger partial charge >= 0.3 is 0 Å². The molecular formula is C15H24BrNO2. The van der Waals surface area contributed by atoms with E-state index in [2.05, 4.69) is 41.2 Å². The van der Waals surface area contributed by atoms with Gasteiger partial charge in [0.05, 0.1) is 20.3 Å². The standard InChI is InChI=1S/C15H24BrNO2/c1-12(2)11-17-7-9-19-8-6-13-10-14(16)4-5-15(13)18-3/h4-5,10,12,17H,6-9,11H2,1-3H3. The fourth-order valence-corrected chi connectivity index (χ4v) is 2.17. The highest BCUT2D eigenvalue weighted by molar-refractivity contribution is 9.10. The van der Waals surface area contributed by atoms with Crippen LogP contribution in [-0.2, 0) is 11.2 Å². The van der Waals surface area contributed by atoms with Gasteiger partial charge in [-0.25, -0.2) is 0 Å². The first kappa shape index (κ1) is 16.5. The molecule has 0 heterocycles. The van der Waals surface area contributed by atoms with E-state index in [0.29, 0.717) is 5.92 Å². The first-order valence-electron chi connectivity index (χ1n) is 6.74. The van der Waals surface area contributed by atoms with Gasteiger partial charge in [-0.15, -0.1) is 0 Å². The third-order valence-electron chi connectivity index (χ3n) is 2.73. The summed E-state index contributed by atoms with van der Waals surface area (Å²) in [6.45, 7) is 7.83. The van der Waals surface area contributed by atoms with Crippen LogP contribution in [0.15, 0.2) is 22.7 Å². The Balaban J connectivity index is 2.20. The molecule has 0 aromatic heterocycles. The molecule has 0 saturated heterocycles. The second-order valence-corrected chi connectivity index (χ2v) is 5.83. The number of methoxy groups -OCH3 is 1. The Kier molecular flexibility index (Phi) is 8.10. The summed E-state index contributed by atoms with van der Waals surface area (Å²) in [5.74, 6) is 1.61. The number of ether oxygens (including phenoxy) is 2. The molecule has 0 aliphatic rings. The molecular weight excluding hydrogens is 306 g/mol. The van der Waals surface area contributed by atoms with E-state index in [1.54, 1.807) is 7.11 Å². The monoisotopic (exact) mass is 329 g/mol. The van der Waals surface area contributed by atoms with Crippen LogP contribution in [0.2, 0.25) is 0 Å². The SMILES string of the molecule is COc1ccc(Br)cc1CCOCCNCC(C)C. The Labute approximate surface area is 124 Å². The summed E-state index contributed by atoms with van der Waals surface area (Å²) in [5, 5.41) is 3.36. The molecule has 0 radical (unpaired) electrons. The van der Waals surface area contributed by atoms with Crippen LogP contribution in [-0.4, -0.2) is 33.4 Å². The molecule has 108 valence electrons. The number of nitrogens with one attached hydrogen (secondary N) is 1. The Morgan fingerprint density at radius 2 is 2.05 bits per heavy atom. The number of rotatable bonds is 9. The molecule has 0 aliphatic carbocycles. The van der Waals surface area contributed by atoms with Crippen molar-refractivity contribution in [1.82, 2.24) is 5.32 Å². The second-order valence-electron chi connectivity index (χ2n) is 4.92. The van der Waals surface area contributed by atoms with Crippen molar-refractivity contribution in [1.29, 1.82) is 0 Å². The predicted octanol–water partition coefficient (Wildman–Crippen LogP) is 3.26. The Bertz CT molecular complexity index is 369. The van der Waals surface area contributed by atoms with Gasteiger partial charge in [-0.1, -0.05) is 29.8 Å². The van der Waals surface area contributed by atoms with Crippen LogP contribution in [0.4, 0.5) is 0 Å². The van der Waals surface area contributed by atoms with E-state index in [1.165, 1.54) is 5.56 Å². The molecule has 1 aromatic rings. The molecule has 3 nitrogen and oxygen atoms in total. The quantitative estimate of drug-likeness (QED) is 0.705. The summed E-state index contributed by atoms with van der Waals surface area (Å²) in [6.07, 6.45) is 0.868. The average molecular weight is 330 g/mol. The van der Waals surface area contributed by atoms with Crippen LogP contribution in [0.25, 0.3) is 0 Å². The second kappa shape index (κ2) is 9.34. The lowest BCUT2D eigenvalue weighted by atomic mass is 10.1. The summed E-state index contributed by atoms with van der Waals surface area (Å²) >= 11 is 3.48. The van der Waals surface area contributed by atoms with Crippen LogP contribution < -0.4 is 10.1 Å². The number of hydrogen-bond donors (Lipinski definition) is 1. The lowest BCUT2D eigenvalue weighted by molar-refractivity contribution is 0.138. The zero-order chi connectivity index (χ0) is 14.1. The third-order valence-corrected chi connectivity index (χ3v) is 3.23. The zero-order valence-corrected chi connectivity index (χ0v) is 13.6. The first-order chi connectivity index (χ1) is 9.13. The van der Waals surface area contributed by atoms with Gasteiger partial charge in [0, 0.05) is 11.0 Å². The molecule has 1 rings (SSSR count). The molecule has 0 amide bonds. The molecule has 19 heavy (non-hydrogen) atoms. The van der Waals surface area contributed by atoms with Crippen LogP contribution in [0.1, 0.15) is 19.4 Å². The fraction of sp³-hybridized carbons (Fsp3) is 0.600. The van der Waals surface area contributed by atoms with E-state index in [1.807, 2.05) is 12.1 Å². The fourth-order valence-electron chi connectivity index (χ4n) is 1.76. The van der Waals surface area contributed by atoms with Crippen LogP contribution >= 0.6 is 15.9 Å². The molecule has 4 heteroatoms. The zero-order valence-electron chi connectivity index (χ0n) is 12.0. The molecule has 1 aromatic carbocycles. The number of benzene rings is 1.